The molecular formula is C19H39N3O6Si3. The van der Waals surface area contributed by atoms with Gasteiger partial charge in [0.1, 0.15) is 17.8 Å². The van der Waals surface area contributed by atoms with E-state index in [0.717, 1.165) is 0 Å². The van der Waals surface area contributed by atoms with Gasteiger partial charge in [-0.25, -0.2) is 4.79 Å². The summed E-state index contributed by atoms with van der Waals surface area (Å²) in [5.41, 5.74) is 0.439. The first kappa shape index (κ1) is 26.4. The topological polar surface area (TPSA) is 104 Å². The average molecular weight is 490 g/mol. The monoisotopic (exact) mass is 489 g/mol. The molecule has 0 amide bonds. The molecule has 31 heavy (non-hydrogen) atoms. The molecule has 2 N–H and O–H groups in total. The minimum Gasteiger partial charge on any atom is -0.415 e. The molecule has 0 bridgehead atoms. The lowest BCUT2D eigenvalue weighted by Crippen LogP contribution is -2.56. The van der Waals surface area contributed by atoms with Crippen molar-refractivity contribution in [3.05, 3.63) is 22.7 Å². The molecule has 1 aliphatic rings. The van der Waals surface area contributed by atoms with Crippen LogP contribution in [0.2, 0.25) is 58.9 Å². The van der Waals surface area contributed by atoms with E-state index >= 15 is 0 Å². The average Bonchev–Trinajstić information content (AvgIpc) is 2.81. The number of hydrogen-bond donors (Lipinski definition) is 2. The molecule has 12 heteroatoms. The van der Waals surface area contributed by atoms with Crippen LogP contribution in [0.3, 0.4) is 0 Å². The normalized spacial score (nSPS) is 27.5. The molecular weight excluding hydrogens is 450 g/mol. The van der Waals surface area contributed by atoms with Crippen molar-refractivity contribution in [2.75, 3.05) is 12.1 Å². The van der Waals surface area contributed by atoms with Gasteiger partial charge in [0.05, 0.1) is 6.61 Å². The molecule has 0 saturated carbocycles. The maximum absolute atomic E-state index is 12.8. The van der Waals surface area contributed by atoms with Crippen molar-refractivity contribution in [3.63, 3.8) is 0 Å². The third-order valence-electron chi connectivity index (χ3n) is 4.58. The molecule has 1 aromatic rings. The van der Waals surface area contributed by atoms with Gasteiger partial charge in [-0.2, -0.15) is 4.98 Å². The van der Waals surface area contributed by atoms with Crippen LogP contribution in [0.5, 0.6) is 0 Å². The van der Waals surface area contributed by atoms with E-state index in [9.17, 15) is 4.79 Å². The molecule has 0 radical (unpaired) electrons. The highest BCUT2D eigenvalue weighted by Gasteiger charge is 2.59. The zero-order valence-corrected chi connectivity index (χ0v) is 23.5. The fourth-order valence-corrected chi connectivity index (χ4v) is 7.03. The first-order valence-electron chi connectivity index (χ1n) is 10.6. The summed E-state index contributed by atoms with van der Waals surface area (Å²) in [7, 11) is -5.88. The molecule has 4 atom stereocenters. The van der Waals surface area contributed by atoms with Gasteiger partial charge in [0.2, 0.25) is 0 Å². The van der Waals surface area contributed by atoms with E-state index < -0.39 is 54.7 Å². The van der Waals surface area contributed by atoms with Gasteiger partial charge in [-0.1, -0.05) is 0 Å². The Hall–Kier alpha value is -0.869. The maximum Gasteiger partial charge on any atom is 0.351 e. The Morgan fingerprint density at radius 1 is 1.13 bits per heavy atom. The molecule has 1 aromatic heterocycles. The standard InChI is InChI=1S/C19H39N3O6Si3/c1-19(28-31(8,9)10)16(27-30(5,6)7)14(13-25-29(2,3)4)26-17(19)22-12-11-15(21-24)20-18(22)23/h11-12,14,16-17,24H,13H2,1-10H3,(H,20,21,23)/t14-,16?,17-,19?/m1/s1. The lowest BCUT2D eigenvalue weighted by atomic mass is 9.96. The van der Waals surface area contributed by atoms with E-state index in [1.165, 1.54) is 10.6 Å². The van der Waals surface area contributed by atoms with Crippen LogP contribution in [0, 0.1) is 0 Å². The molecule has 0 spiro atoms. The number of rotatable bonds is 9. The second-order valence-electron chi connectivity index (χ2n) is 11.1. The van der Waals surface area contributed by atoms with Gasteiger partial charge in [-0.05, 0) is 71.9 Å². The van der Waals surface area contributed by atoms with Gasteiger partial charge in [-0.3, -0.25) is 15.3 Å². The van der Waals surface area contributed by atoms with Crippen molar-refractivity contribution in [1.29, 1.82) is 0 Å². The summed E-state index contributed by atoms with van der Waals surface area (Å²) in [4.78, 5) is 16.6. The lowest BCUT2D eigenvalue weighted by molar-refractivity contribution is -0.0859. The number of anilines is 1. The zero-order chi connectivity index (χ0) is 23.8. The van der Waals surface area contributed by atoms with E-state index in [-0.39, 0.29) is 5.82 Å². The van der Waals surface area contributed by atoms with Crippen molar-refractivity contribution in [1.82, 2.24) is 9.55 Å². The predicted molar refractivity (Wildman–Crippen MR) is 128 cm³/mol. The highest BCUT2D eigenvalue weighted by atomic mass is 28.4. The van der Waals surface area contributed by atoms with Crippen molar-refractivity contribution in [2.24, 2.45) is 0 Å². The maximum atomic E-state index is 12.8. The van der Waals surface area contributed by atoms with E-state index in [2.05, 4.69) is 63.9 Å². The molecule has 2 unspecified atom stereocenters. The molecule has 2 heterocycles. The van der Waals surface area contributed by atoms with Gasteiger partial charge in [0.25, 0.3) is 0 Å². The summed E-state index contributed by atoms with van der Waals surface area (Å²) >= 11 is 0. The van der Waals surface area contributed by atoms with Crippen LogP contribution in [-0.4, -0.2) is 64.1 Å². The Morgan fingerprint density at radius 3 is 2.19 bits per heavy atom. The number of nitrogens with one attached hydrogen (secondary N) is 1. The van der Waals surface area contributed by atoms with Gasteiger partial charge >= 0.3 is 5.69 Å². The van der Waals surface area contributed by atoms with Gasteiger partial charge in [-0.15, -0.1) is 0 Å². The highest BCUT2D eigenvalue weighted by molar-refractivity contribution is 6.70. The van der Waals surface area contributed by atoms with E-state index in [1.54, 1.807) is 6.20 Å². The van der Waals surface area contributed by atoms with Gasteiger partial charge < -0.3 is 18.0 Å². The molecule has 0 aromatic carbocycles. The molecule has 2 rings (SSSR count). The van der Waals surface area contributed by atoms with Crippen LogP contribution >= 0.6 is 0 Å². The Labute approximate surface area is 188 Å². The Balaban J connectivity index is 2.57. The molecule has 1 fully saturated rings. The van der Waals surface area contributed by atoms with Crippen molar-refractivity contribution >= 4 is 30.8 Å². The SMILES string of the molecule is CC1(O[Si](C)(C)C)C(O[Si](C)(C)C)[C@@H](CO[Si](C)(C)C)O[C@H]1n1ccc(NO)nc1=O. The quantitative estimate of drug-likeness (QED) is 0.400. The first-order chi connectivity index (χ1) is 14.0. The molecule has 1 aliphatic heterocycles. The van der Waals surface area contributed by atoms with Crippen LogP contribution in [0.1, 0.15) is 13.2 Å². The van der Waals surface area contributed by atoms with Crippen molar-refractivity contribution < 1.29 is 23.2 Å². The van der Waals surface area contributed by atoms with Gasteiger partial charge in [0.15, 0.2) is 37.0 Å². The smallest absolute Gasteiger partial charge is 0.351 e. The van der Waals surface area contributed by atoms with Crippen LogP contribution in [0.4, 0.5) is 5.82 Å². The number of ether oxygens (including phenoxy) is 1. The summed E-state index contributed by atoms with van der Waals surface area (Å²) in [6.07, 6.45) is 0.00298. The van der Waals surface area contributed by atoms with Crippen LogP contribution < -0.4 is 11.2 Å². The number of aromatic nitrogens is 2. The van der Waals surface area contributed by atoms with Crippen molar-refractivity contribution in [2.45, 2.75) is 89.9 Å². The fraction of sp³-hybridized carbons (Fsp3) is 0.789. The van der Waals surface area contributed by atoms with Crippen LogP contribution in [-0.2, 0) is 18.0 Å². The zero-order valence-electron chi connectivity index (χ0n) is 20.5. The van der Waals surface area contributed by atoms with Crippen LogP contribution in [0.15, 0.2) is 17.1 Å². The summed E-state index contributed by atoms with van der Waals surface area (Å²) < 4.78 is 27.4. The predicted octanol–water partition coefficient (Wildman–Crippen LogP) is 3.62. The van der Waals surface area contributed by atoms with Crippen LogP contribution in [0.25, 0.3) is 0 Å². The highest BCUT2D eigenvalue weighted by Crippen LogP contribution is 2.45. The number of nitrogens with zero attached hydrogens (tertiary/aromatic N) is 2. The van der Waals surface area contributed by atoms with Crippen molar-refractivity contribution in [3.8, 4) is 0 Å². The van der Waals surface area contributed by atoms with E-state index in [0.29, 0.717) is 6.61 Å². The Kier molecular flexibility index (Phi) is 7.81. The van der Waals surface area contributed by atoms with E-state index in [4.69, 9.17) is 23.2 Å². The fourth-order valence-electron chi connectivity index (χ4n) is 3.68. The summed E-state index contributed by atoms with van der Waals surface area (Å²) in [5.74, 6) is 0.0700. The Morgan fingerprint density at radius 2 is 1.74 bits per heavy atom. The molecule has 0 aliphatic carbocycles. The summed E-state index contributed by atoms with van der Waals surface area (Å²) in [6.45, 7) is 21.4. The minimum absolute atomic E-state index is 0.0700. The number of hydrogen-bond acceptors (Lipinski definition) is 8. The first-order valence-corrected chi connectivity index (χ1v) is 20.8. The van der Waals surface area contributed by atoms with E-state index in [1.807, 2.05) is 12.4 Å². The largest absolute Gasteiger partial charge is 0.415 e. The summed E-state index contributed by atoms with van der Waals surface area (Å²) in [5, 5.41) is 9.09. The van der Waals surface area contributed by atoms with Gasteiger partial charge in [0, 0.05) is 6.20 Å². The Bertz CT molecular complexity index is 818. The third kappa shape index (κ3) is 7.05. The second-order valence-corrected chi connectivity index (χ2v) is 24.5. The molecule has 178 valence electrons. The second kappa shape index (κ2) is 9.17. The summed E-state index contributed by atoms with van der Waals surface area (Å²) in [6, 6.07) is 1.51. The third-order valence-corrected chi connectivity index (χ3v) is 7.63. The minimum atomic E-state index is -2.08. The molecule has 1 saturated heterocycles. The lowest BCUT2D eigenvalue weighted by Gasteiger charge is -2.42. The molecule has 9 nitrogen and oxygen atoms in total.